The molecule has 0 aliphatic rings. The zero-order chi connectivity index (χ0) is 24.2. The predicted molar refractivity (Wildman–Crippen MR) is 122 cm³/mol. The van der Waals surface area contributed by atoms with Crippen molar-refractivity contribution < 1.29 is 27.4 Å². The van der Waals surface area contributed by atoms with Crippen LogP contribution in [0.5, 0.6) is 11.5 Å². The van der Waals surface area contributed by atoms with E-state index in [4.69, 9.17) is 9.47 Å². The Hall–Kier alpha value is -3.48. The van der Waals surface area contributed by atoms with Gasteiger partial charge in [-0.15, -0.1) is 0 Å². The molecule has 0 aromatic heterocycles. The maximum absolute atomic E-state index is 12.7. The number of carbonyl (C=O) groups excluding carboxylic acids is 1. The number of ether oxygens (including phenoxy) is 2. The summed E-state index contributed by atoms with van der Waals surface area (Å²) >= 11 is 0. The summed E-state index contributed by atoms with van der Waals surface area (Å²) in [5.41, 5.74) is 1.44. The number of nitrogens with one attached hydrogen (secondary N) is 1. The lowest BCUT2D eigenvalue weighted by atomic mass is 9.86. The molecule has 0 saturated carbocycles. The largest absolute Gasteiger partial charge is 0.496 e. The van der Waals surface area contributed by atoms with Crippen LogP contribution in [-0.4, -0.2) is 13.0 Å². The van der Waals surface area contributed by atoms with Gasteiger partial charge in [-0.05, 0) is 59.5 Å². The van der Waals surface area contributed by atoms with E-state index in [9.17, 15) is 18.0 Å². The minimum atomic E-state index is -4.43. The normalized spacial score (nSPS) is 11.7. The van der Waals surface area contributed by atoms with E-state index >= 15 is 0 Å². The molecule has 7 heteroatoms. The van der Waals surface area contributed by atoms with E-state index in [0.717, 1.165) is 23.4 Å². The molecule has 4 nitrogen and oxygen atoms in total. The van der Waals surface area contributed by atoms with Gasteiger partial charge < -0.3 is 14.8 Å². The van der Waals surface area contributed by atoms with Crippen molar-refractivity contribution in [2.24, 2.45) is 0 Å². The smallest absolute Gasteiger partial charge is 0.416 e. The van der Waals surface area contributed by atoms with Crippen LogP contribution < -0.4 is 14.8 Å². The highest BCUT2D eigenvalue weighted by atomic mass is 19.4. The minimum absolute atomic E-state index is 0.107. The van der Waals surface area contributed by atoms with Gasteiger partial charge >= 0.3 is 6.18 Å². The average Bonchev–Trinajstić information content (AvgIpc) is 2.76. The summed E-state index contributed by atoms with van der Waals surface area (Å²) in [6.07, 6.45) is -4.43. The van der Waals surface area contributed by atoms with Gasteiger partial charge in [0, 0.05) is 16.8 Å². The van der Waals surface area contributed by atoms with Crippen LogP contribution in [0.3, 0.4) is 0 Å². The van der Waals surface area contributed by atoms with E-state index < -0.39 is 17.6 Å². The van der Waals surface area contributed by atoms with Crippen molar-refractivity contribution in [3.05, 3.63) is 89.0 Å². The van der Waals surface area contributed by atoms with Crippen LogP contribution >= 0.6 is 0 Å². The van der Waals surface area contributed by atoms with Crippen molar-refractivity contribution in [1.29, 1.82) is 0 Å². The van der Waals surface area contributed by atoms with E-state index in [1.807, 2.05) is 24.3 Å². The Morgan fingerprint density at radius 2 is 1.58 bits per heavy atom. The number of rotatable bonds is 6. The molecular formula is C26H26F3NO3. The van der Waals surface area contributed by atoms with Gasteiger partial charge in [0.2, 0.25) is 0 Å². The summed E-state index contributed by atoms with van der Waals surface area (Å²) in [5.74, 6) is 0.856. The Kier molecular flexibility index (Phi) is 7.01. The molecule has 1 N–H and O–H groups in total. The highest BCUT2D eigenvalue weighted by Gasteiger charge is 2.30. The van der Waals surface area contributed by atoms with Crippen LogP contribution in [-0.2, 0) is 18.2 Å². The number of anilines is 1. The fourth-order valence-corrected chi connectivity index (χ4v) is 3.35. The molecule has 0 heterocycles. The van der Waals surface area contributed by atoms with Gasteiger partial charge in [-0.1, -0.05) is 39.0 Å². The number of hydrogen-bond donors (Lipinski definition) is 1. The van der Waals surface area contributed by atoms with Gasteiger partial charge in [0.05, 0.1) is 12.7 Å². The number of alkyl halides is 3. The molecule has 33 heavy (non-hydrogen) atoms. The minimum Gasteiger partial charge on any atom is -0.496 e. The highest BCUT2D eigenvalue weighted by molar-refractivity contribution is 6.04. The summed E-state index contributed by atoms with van der Waals surface area (Å²) in [6, 6.07) is 17.0. The summed E-state index contributed by atoms with van der Waals surface area (Å²) < 4.78 is 49.7. The van der Waals surface area contributed by atoms with Crippen LogP contribution in [0.2, 0.25) is 0 Å². The summed E-state index contributed by atoms with van der Waals surface area (Å²) in [7, 11) is 1.53. The summed E-state index contributed by atoms with van der Waals surface area (Å²) in [6.45, 7) is 6.48. The number of amides is 1. The molecule has 0 aliphatic carbocycles. The maximum atomic E-state index is 12.7. The third-order valence-corrected chi connectivity index (χ3v) is 5.09. The lowest BCUT2D eigenvalue weighted by molar-refractivity contribution is -0.137. The van der Waals surface area contributed by atoms with Gasteiger partial charge in [0.25, 0.3) is 5.91 Å². The van der Waals surface area contributed by atoms with Crippen molar-refractivity contribution in [2.45, 2.75) is 39.0 Å². The first-order valence-electron chi connectivity index (χ1n) is 10.4. The number of hydrogen-bond acceptors (Lipinski definition) is 3. The van der Waals surface area contributed by atoms with E-state index in [1.165, 1.54) is 19.2 Å². The number of halogens is 3. The third kappa shape index (κ3) is 6.06. The fraction of sp³-hybridized carbons (Fsp3) is 0.269. The van der Waals surface area contributed by atoms with Gasteiger partial charge in [0.15, 0.2) is 0 Å². The van der Waals surface area contributed by atoms with E-state index in [2.05, 4.69) is 26.1 Å². The number of methoxy groups -OCH3 is 1. The maximum Gasteiger partial charge on any atom is 0.416 e. The van der Waals surface area contributed by atoms with Crippen molar-refractivity contribution in [2.75, 3.05) is 12.4 Å². The zero-order valence-electron chi connectivity index (χ0n) is 18.9. The first-order chi connectivity index (χ1) is 15.5. The molecular weight excluding hydrogens is 431 g/mol. The molecule has 0 spiro atoms. The first-order valence-corrected chi connectivity index (χ1v) is 10.4. The van der Waals surface area contributed by atoms with Crippen LogP contribution in [0.1, 0.15) is 47.8 Å². The molecule has 3 aromatic carbocycles. The molecule has 0 atom stereocenters. The summed E-state index contributed by atoms with van der Waals surface area (Å²) in [5, 5.41) is 2.62. The molecule has 0 unspecified atom stereocenters. The zero-order valence-corrected chi connectivity index (χ0v) is 18.9. The van der Waals surface area contributed by atoms with Crippen LogP contribution in [0, 0.1) is 0 Å². The van der Waals surface area contributed by atoms with E-state index in [1.54, 1.807) is 18.2 Å². The molecule has 3 aromatic rings. The number of para-hydroxylation sites is 1. The van der Waals surface area contributed by atoms with Gasteiger partial charge in [0.1, 0.15) is 18.1 Å². The molecule has 0 saturated heterocycles. The SMILES string of the molecule is COc1ccc(C(=O)Nc2ccc(C(F)(F)F)cc2)cc1COc1ccccc1C(C)(C)C. The highest BCUT2D eigenvalue weighted by Crippen LogP contribution is 2.33. The first kappa shape index (κ1) is 24.2. The topological polar surface area (TPSA) is 47.6 Å². The Morgan fingerprint density at radius 1 is 0.909 bits per heavy atom. The summed E-state index contributed by atoms with van der Waals surface area (Å²) in [4.78, 5) is 12.7. The van der Waals surface area contributed by atoms with Crippen LogP contribution in [0.4, 0.5) is 18.9 Å². The van der Waals surface area contributed by atoms with Crippen LogP contribution in [0.15, 0.2) is 66.7 Å². The van der Waals surface area contributed by atoms with E-state index in [0.29, 0.717) is 16.9 Å². The Bertz CT molecular complexity index is 1120. The van der Waals surface area contributed by atoms with Crippen LogP contribution in [0.25, 0.3) is 0 Å². The molecule has 0 radical (unpaired) electrons. The predicted octanol–water partition coefficient (Wildman–Crippen LogP) is 6.84. The molecule has 0 aliphatic heterocycles. The molecule has 0 bridgehead atoms. The van der Waals surface area contributed by atoms with Gasteiger partial charge in [-0.2, -0.15) is 13.2 Å². The molecule has 3 rings (SSSR count). The Balaban J connectivity index is 1.78. The molecule has 1 amide bonds. The molecule has 174 valence electrons. The van der Waals surface area contributed by atoms with Crippen molar-refractivity contribution in [3.63, 3.8) is 0 Å². The van der Waals surface area contributed by atoms with Crippen molar-refractivity contribution in [1.82, 2.24) is 0 Å². The second-order valence-corrected chi connectivity index (χ2v) is 8.59. The standard InChI is InChI=1S/C26H26F3NO3/c1-25(2,3)21-7-5-6-8-23(21)33-16-18-15-17(9-14-22(18)32-4)24(31)30-20-12-10-19(11-13-20)26(27,28)29/h5-15H,16H2,1-4H3,(H,30,31). The lowest BCUT2D eigenvalue weighted by Crippen LogP contribution is -2.14. The monoisotopic (exact) mass is 457 g/mol. The van der Waals surface area contributed by atoms with Crippen molar-refractivity contribution in [3.8, 4) is 11.5 Å². The third-order valence-electron chi connectivity index (χ3n) is 5.09. The lowest BCUT2D eigenvalue weighted by Gasteiger charge is -2.23. The number of benzene rings is 3. The Morgan fingerprint density at radius 3 is 2.18 bits per heavy atom. The van der Waals surface area contributed by atoms with Gasteiger partial charge in [-0.25, -0.2) is 0 Å². The second kappa shape index (κ2) is 9.57. The second-order valence-electron chi connectivity index (χ2n) is 8.59. The van der Waals surface area contributed by atoms with Crippen molar-refractivity contribution >= 4 is 11.6 Å². The average molecular weight is 457 g/mol. The fourth-order valence-electron chi connectivity index (χ4n) is 3.35. The quantitative estimate of drug-likeness (QED) is 0.441. The Labute approximate surface area is 191 Å². The number of carbonyl (C=O) groups is 1. The van der Waals surface area contributed by atoms with E-state index in [-0.39, 0.29) is 17.7 Å². The van der Waals surface area contributed by atoms with Gasteiger partial charge in [-0.3, -0.25) is 4.79 Å². The molecule has 0 fully saturated rings.